The van der Waals surface area contributed by atoms with Gasteiger partial charge in [0, 0.05) is 24.2 Å². The van der Waals surface area contributed by atoms with Crippen molar-refractivity contribution >= 4 is 11.6 Å². The molecule has 0 bridgehead atoms. The Morgan fingerprint density at radius 2 is 2.06 bits per heavy atom. The van der Waals surface area contributed by atoms with E-state index in [-0.39, 0.29) is 23.2 Å². The molecule has 17 heavy (non-hydrogen) atoms. The van der Waals surface area contributed by atoms with Gasteiger partial charge in [-0.25, -0.2) is 0 Å². The number of hydrogen-bond donors (Lipinski definition) is 0. The summed E-state index contributed by atoms with van der Waals surface area (Å²) in [6.07, 6.45) is 2.92. The van der Waals surface area contributed by atoms with Crippen molar-refractivity contribution in [1.82, 2.24) is 0 Å². The lowest BCUT2D eigenvalue weighted by molar-refractivity contribution is -0.146. The minimum atomic E-state index is -0.251. The molecule has 0 spiro atoms. The second-order valence-electron chi connectivity index (χ2n) is 6.19. The molecular weight excluding hydrogens is 212 g/mol. The van der Waals surface area contributed by atoms with E-state index in [1.807, 2.05) is 13.8 Å². The molecule has 2 rings (SSSR count). The van der Waals surface area contributed by atoms with Crippen molar-refractivity contribution in [3.8, 4) is 0 Å². The quantitative estimate of drug-likeness (QED) is 0.653. The van der Waals surface area contributed by atoms with Gasteiger partial charge in [-0.15, -0.1) is 0 Å². The van der Waals surface area contributed by atoms with E-state index in [1.165, 1.54) is 0 Å². The molecule has 0 amide bonds. The molecule has 0 aromatic rings. The van der Waals surface area contributed by atoms with E-state index in [2.05, 4.69) is 13.5 Å². The lowest BCUT2D eigenvalue weighted by Gasteiger charge is -2.48. The van der Waals surface area contributed by atoms with Crippen molar-refractivity contribution in [3.63, 3.8) is 0 Å². The molecule has 2 nitrogen and oxygen atoms in total. The van der Waals surface area contributed by atoms with Crippen LogP contribution in [-0.4, -0.2) is 11.6 Å². The summed E-state index contributed by atoms with van der Waals surface area (Å²) in [6, 6.07) is 0. The number of carbonyl (C=O) groups excluding carboxylic acids is 2. The maximum atomic E-state index is 12.4. The van der Waals surface area contributed by atoms with Crippen LogP contribution in [0.3, 0.4) is 0 Å². The predicted molar refractivity (Wildman–Crippen MR) is 67.5 cm³/mol. The van der Waals surface area contributed by atoms with Crippen molar-refractivity contribution in [1.29, 1.82) is 0 Å². The fraction of sp³-hybridized carbons (Fsp3) is 0.733. The highest BCUT2D eigenvalue weighted by Gasteiger charge is 2.52. The largest absolute Gasteiger partial charge is 0.299 e. The van der Waals surface area contributed by atoms with Gasteiger partial charge >= 0.3 is 0 Å². The first-order chi connectivity index (χ1) is 7.86. The average Bonchev–Trinajstić information content (AvgIpc) is 2.26. The topological polar surface area (TPSA) is 34.1 Å². The summed E-state index contributed by atoms with van der Waals surface area (Å²) in [5.74, 6) is 1.24. The maximum Gasteiger partial charge on any atom is 0.139 e. The maximum absolute atomic E-state index is 12.4. The highest BCUT2D eigenvalue weighted by molar-refractivity contribution is 5.91. The van der Waals surface area contributed by atoms with Gasteiger partial charge < -0.3 is 0 Å². The molecule has 2 fully saturated rings. The van der Waals surface area contributed by atoms with E-state index < -0.39 is 0 Å². The third-order valence-corrected chi connectivity index (χ3v) is 5.12. The predicted octanol–water partition coefficient (Wildman–Crippen LogP) is 3.16. The standard InChI is InChI=1S/C15H22O2/c1-9(2)11-7-12-10(3)13(16)5-6-15(12,4)14(17)8-11/h10-12H,1,5-8H2,2-4H3/t10-,11-,12+,15-/m0/s1. The number of hydrogen-bond acceptors (Lipinski definition) is 2. The zero-order valence-corrected chi connectivity index (χ0v) is 11.1. The number of carbonyl (C=O) groups is 2. The Morgan fingerprint density at radius 1 is 1.41 bits per heavy atom. The van der Waals surface area contributed by atoms with Crippen LogP contribution in [-0.2, 0) is 9.59 Å². The van der Waals surface area contributed by atoms with Gasteiger partial charge in [-0.05, 0) is 31.6 Å². The van der Waals surface area contributed by atoms with Gasteiger partial charge in [-0.2, -0.15) is 0 Å². The molecule has 0 N–H and O–H groups in total. The Balaban J connectivity index is 2.31. The molecule has 2 aliphatic rings. The lowest BCUT2D eigenvalue weighted by atomic mass is 9.54. The van der Waals surface area contributed by atoms with Gasteiger partial charge in [-0.1, -0.05) is 26.0 Å². The molecule has 0 unspecified atom stereocenters. The van der Waals surface area contributed by atoms with Crippen LogP contribution in [0.2, 0.25) is 0 Å². The minimum absolute atomic E-state index is 0.0415. The van der Waals surface area contributed by atoms with Crippen LogP contribution in [0.4, 0.5) is 0 Å². The van der Waals surface area contributed by atoms with Crippen LogP contribution in [0.15, 0.2) is 12.2 Å². The normalized spacial score (nSPS) is 42.2. The van der Waals surface area contributed by atoms with E-state index in [1.54, 1.807) is 0 Å². The van der Waals surface area contributed by atoms with Gasteiger partial charge in [0.15, 0.2) is 0 Å². The minimum Gasteiger partial charge on any atom is -0.299 e. The summed E-state index contributed by atoms with van der Waals surface area (Å²) in [6.45, 7) is 10.0. The van der Waals surface area contributed by atoms with Crippen molar-refractivity contribution in [2.45, 2.75) is 46.5 Å². The Morgan fingerprint density at radius 3 is 2.65 bits per heavy atom. The SMILES string of the molecule is C=C(C)[C@@H]1CC(=O)[C@@]2(C)CCC(=O)[C@@H](C)[C@H]2C1. The van der Waals surface area contributed by atoms with E-state index >= 15 is 0 Å². The Hall–Kier alpha value is -0.920. The Kier molecular flexibility index (Phi) is 3.01. The number of allylic oxidation sites excluding steroid dienone is 1. The molecule has 4 atom stereocenters. The summed E-state index contributed by atoms with van der Waals surface area (Å²) >= 11 is 0. The fourth-order valence-corrected chi connectivity index (χ4v) is 3.60. The molecular formula is C15H22O2. The van der Waals surface area contributed by atoms with E-state index in [0.29, 0.717) is 24.4 Å². The number of ketones is 2. The summed E-state index contributed by atoms with van der Waals surface area (Å²) in [5, 5.41) is 0. The average molecular weight is 234 g/mol. The highest BCUT2D eigenvalue weighted by Crippen LogP contribution is 2.51. The molecule has 0 aliphatic heterocycles. The molecule has 2 aliphatic carbocycles. The molecule has 0 radical (unpaired) electrons. The van der Waals surface area contributed by atoms with Crippen molar-refractivity contribution in [2.75, 3.05) is 0 Å². The second kappa shape index (κ2) is 4.08. The zero-order chi connectivity index (χ0) is 12.8. The molecule has 0 aromatic carbocycles. The first-order valence-corrected chi connectivity index (χ1v) is 6.57. The molecule has 0 heterocycles. The first-order valence-electron chi connectivity index (χ1n) is 6.57. The third-order valence-electron chi connectivity index (χ3n) is 5.12. The van der Waals surface area contributed by atoms with Crippen molar-refractivity contribution in [3.05, 3.63) is 12.2 Å². The fourth-order valence-electron chi connectivity index (χ4n) is 3.60. The zero-order valence-electron chi connectivity index (χ0n) is 11.1. The molecule has 0 aromatic heterocycles. The van der Waals surface area contributed by atoms with Crippen LogP contribution >= 0.6 is 0 Å². The number of fused-ring (bicyclic) bond motifs is 1. The summed E-state index contributed by atoms with van der Waals surface area (Å²) in [4.78, 5) is 24.2. The van der Waals surface area contributed by atoms with Gasteiger partial charge in [-0.3, -0.25) is 9.59 Å². The van der Waals surface area contributed by atoms with Crippen molar-refractivity contribution < 1.29 is 9.59 Å². The number of Topliss-reactive ketones (excluding diaryl/α,β-unsaturated/α-hetero) is 2. The van der Waals surface area contributed by atoms with Crippen LogP contribution in [0.25, 0.3) is 0 Å². The van der Waals surface area contributed by atoms with Crippen molar-refractivity contribution in [2.24, 2.45) is 23.2 Å². The van der Waals surface area contributed by atoms with Gasteiger partial charge in [0.05, 0.1) is 0 Å². The third kappa shape index (κ3) is 1.88. The van der Waals surface area contributed by atoms with Crippen LogP contribution in [0.5, 0.6) is 0 Å². The van der Waals surface area contributed by atoms with Crippen LogP contribution in [0.1, 0.15) is 46.5 Å². The van der Waals surface area contributed by atoms with E-state index in [4.69, 9.17) is 0 Å². The second-order valence-corrected chi connectivity index (χ2v) is 6.19. The van der Waals surface area contributed by atoms with Crippen LogP contribution in [0, 0.1) is 23.2 Å². The Bertz CT molecular complexity index is 382. The summed E-state index contributed by atoms with van der Waals surface area (Å²) in [7, 11) is 0. The molecule has 94 valence electrons. The molecule has 2 heteroatoms. The number of rotatable bonds is 1. The monoisotopic (exact) mass is 234 g/mol. The molecule has 0 saturated heterocycles. The summed E-state index contributed by atoms with van der Waals surface area (Å²) < 4.78 is 0. The van der Waals surface area contributed by atoms with Crippen LogP contribution < -0.4 is 0 Å². The highest BCUT2D eigenvalue weighted by atomic mass is 16.1. The van der Waals surface area contributed by atoms with Gasteiger partial charge in [0.1, 0.15) is 11.6 Å². The first kappa shape index (κ1) is 12.5. The smallest absolute Gasteiger partial charge is 0.139 e. The Labute approximate surface area is 103 Å². The van der Waals surface area contributed by atoms with Gasteiger partial charge in [0.25, 0.3) is 0 Å². The lowest BCUT2D eigenvalue weighted by Crippen LogP contribution is -2.50. The van der Waals surface area contributed by atoms with E-state index in [0.717, 1.165) is 18.4 Å². The van der Waals surface area contributed by atoms with Gasteiger partial charge in [0.2, 0.25) is 0 Å². The summed E-state index contributed by atoms with van der Waals surface area (Å²) in [5.41, 5.74) is 0.838. The van der Waals surface area contributed by atoms with E-state index in [9.17, 15) is 9.59 Å². The molecule has 2 saturated carbocycles.